The van der Waals surface area contributed by atoms with Gasteiger partial charge < -0.3 is 9.88 Å². The van der Waals surface area contributed by atoms with Crippen LogP contribution in [0.3, 0.4) is 0 Å². The van der Waals surface area contributed by atoms with Crippen LogP contribution in [0.1, 0.15) is 18.4 Å². The first-order chi connectivity index (χ1) is 12.6. The molecule has 1 aromatic carbocycles. The Morgan fingerprint density at radius 2 is 2.15 bits per heavy atom. The number of aromatic amines is 1. The van der Waals surface area contributed by atoms with Gasteiger partial charge >= 0.3 is 0 Å². The number of hydrogen-bond donors (Lipinski definition) is 1. The van der Waals surface area contributed by atoms with E-state index in [9.17, 15) is 9.59 Å². The van der Waals surface area contributed by atoms with Crippen molar-refractivity contribution in [3.63, 3.8) is 0 Å². The van der Waals surface area contributed by atoms with Gasteiger partial charge in [0.05, 0.1) is 29.6 Å². The van der Waals surface area contributed by atoms with E-state index >= 15 is 0 Å². The van der Waals surface area contributed by atoms with Crippen LogP contribution >= 0.6 is 11.3 Å². The molecule has 0 unspecified atom stereocenters. The summed E-state index contributed by atoms with van der Waals surface area (Å²) in [5, 5.41) is 2.50. The summed E-state index contributed by atoms with van der Waals surface area (Å²) >= 11 is 1.53. The maximum Gasteiger partial charge on any atom is 0.258 e. The highest BCUT2D eigenvalue weighted by Gasteiger charge is 2.16. The lowest BCUT2D eigenvalue weighted by Crippen LogP contribution is -2.33. The van der Waals surface area contributed by atoms with Crippen LogP contribution in [0, 0.1) is 0 Å². The van der Waals surface area contributed by atoms with Crippen molar-refractivity contribution in [2.45, 2.75) is 19.9 Å². The summed E-state index contributed by atoms with van der Waals surface area (Å²) in [6.45, 7) is 2.69. The van der Waals surface area contributed by atoms with E-state index in [0.29, 0.717) is 23.3 Å². The number of rotatable bonds is 5. The molecule has 0 spiro atoms. The Balaban J connectivity index is 1.54. The van der Waals surface area contributed by atoms with Crippen LogP contribution in [0.4, 0.5) is 0 Å². The second-order valence-electron chi connectivity index (χ2n) is 5.94. The van der Waals surface area contributed by atoms with Crippen molar-refractivity contribution in [3.05, 3.63) is 63.9 Å². The van der Waals surface area contributed by atoms with Crippen LogP contribution in [0.15, 0.2) is 46.8 Å². The molecule has 0 atom stereocenters. The molecule has 3 aromatic heterocycles. The molecule has 3 heterocycles. The molecule has 0 aliphatic carbocycles. The van der Waals surface area contributed by atoms with Crippen molar-refractivity contribution in [3.8, 4) is 0 Å². The number of H-pyrrole nitrogens is 1. The smallest absolute Gasteiger partial charge is 0.258 e. The Bertz CT molecular complexity index is 1110. The second kappa shape index (κ2) is 6.72. The van der Waals surface area contributed by atoms with Crippen LogP contribution in [-0.4, -0.2) is 36.7 Å². The minimum absolute atomic E-state index is 0.0472. The van der Waals surface area contributed by atoms with Crippen LogP contribution in [0.25, 0.3) is 15.9 Å². The SMILES string of the molecule is CCN(Cc1nc2ccccc2c(=O)[nH]1)C(=O)Cc1cn2ccsc2n1. The van der Waals surface area contributed by atoms with Gasteiger partial charge in [-0.3, -0.25) is 14.0 Å². The van der Waals surface area contributed by atoms with Crippen molar-refractivity contribution in [2.75, 3.05) is 6.54 Å². The number of para-hydroxylation sites is 1. The molecule has 0 bridgehead atoms. The lowest BCUT2D eigenvalue weighted by molar-refractivity contribution is -0.131. The van der Waals surface area contributed by atoms with Crippen LogP contribution in [0.5, 0.6) is 0 Å². The number of carbonyl (C=O) groups is 1. The summed E-state index contributed by atoms with van der Waals surface area (Å²) in [7, 11) is 0. The molecule has 0 saturated carbocycles. The Labute approximate surface area is 152 Å². The predicted octanol–water partition coefficient (Wildman–Crippen LogP) is 2.22. The highest BCUT2D eigenvalue weighted by Crippen LogP contribution is 2.13. The van der Waals surface area contributed by atoms with Gasteiger partial charge in [-0.2, -0.15) is 0 Å². The molecule has 0 aliphatic rings. The van der Waals surface area contributed by atoms with Crippen LogP contribution < -0.4 is 5.56 Å². The fourth-order valence-electron chi connectivity index (χ4n) is 2.89. The number of likely N-dealkylation sites (N-methyl/N-ethyl adjacent to an activating group) is 1. The van der Waals surface area contributed by atoms with Gasteiger partial charge in [-0.25, -0.2) is 9.97 Å². The van der Waals surface area contributed by atoms with Crippen molar-refractivity contribution in [1.82, 2.24) is 24.3 Å². The second-order valence-corrected chi connectivity index (χ2v) is 6.81. The largest absolute Gasteiger partial charge is 0.335 e. The third-order valence-corrected chi connectivity index (χ3v) is 4.98. The average Bonchev–Trinajstić information content (AvgIpc) is 3.21. The molecule has 0 aliphatic heterocycles. The Kier molecular flexibility index (Phi) is 4.26. The first-order valence-electron chi connectivity index (χ1n) is 8.31. The summed E-state index contributed by atoms with van der Waals surface area (Å²) in [5.74, 6) is 0.434. The van der Waals surface area contributed by atoms with Gasteiger partial charge in [0.2, 0.25) is 5.91 Å². The summed E-state index contributed by atoms with van der Waals surface area (Å²) in [5.41, 5.74) is 1.17. The van der Waals surface area contributed by atoms with Crippen molar-refractivity contribution < 1.29 is 4.79 Å². The Morgan fingerprint density at radius 1 is 1.31 bits per heavy atom. The zero-order valence-corrected chi connectivity index (χ0v) is 15.0. The van der Waals surface area contributed by atoms with Gasteiger partial charge in [0.1, 0.15) is 5.82 Å². The summed E-state index contributed by atoms with van der Waals surface area (Å²) in [6.07, 6.45) is 4.01. The molecule has 0 saturated heterocycles. The maximum absolute atomic E-state index is 12.7. The third-order valence-electron chi connectivity index (χ3n) is 4.21. The van der Waals surface area contributed by atoms with E-state index in [2.05, 4.69) is 15.0 Å². The maximum atomic E-state index is 12.7. The number of thiazole rings is 1. The fourth-order valence-corrected chi connectivity index (χ4v) is 3.61. The molecule has 0 fully saturated rings. The molecular weight excluding hydrogens is 350 g/mol. The Hall–Kier alpha value is -3.00. The van der Waals surface area contributed by atoms with Crippen molar-refractivity contribution in [2.24, 2.45) is 0 Å². The summed E-state index contributed by atoms with van der Waals surface area (Å²) < 4.78 is 1.91. The lowest BCUT2D eigenvalue weighted by Gasteiger charge is -2.20. The molecular formula is C18H17N5O2S. The highest BCUT2D eigenvalue weighted by atomic mass is 32.1. The number of fused-ring (bicyclic) bond motifs is 2. The van der Waals surface area contributed by atoms with Gasteiger partial charge in [0.25, 0.3) is 5.56 Å². The van der Waals surface area contributed by atoms with Crippen LogP contribution in [-0.2, 0) is 17.8 Å². The zero-order chi connectivity index (χ0) is 18.1. The number of hydrogen-bond acceptors (Lipinski definition) is 5. The standard InChI is InChI=1S/C18H17N5O2S/c1-2-22(16(24)9-12-10-23-7-8-26-18(23)19-12)11-15-20-14-6-4-3-5-13(14)17(25)21-15/h3-8,10H,2,9,11H2,1H3,(H,20,21,25). The summed E-state index contributed by atoms with van der Waals surface area (Å²) in [4.78, 5) is 39.1. The van der Waals surface area contributed by atoms with Gasteiger partial charge in [-0.15, -0.1) is 11.3 Å². The minimum atomic E-state index is -0.191. The zero-order valence-electron chi connectivity index (χ0n) is 14.2. The molecule has 1 N–H and O–H groups in total. The molecule has 7 nitrogen and oxygen atoms in total. The van der Waals surface area contributed by atoms with E-state index in [4.69, 9.17) is 0 Å². The number of nitrogens with zero attached hydrogens (tertiary/aromatic N) is 4. The van der Waals surface area contributed by atoms with Gasteiger partial charge in [0.15, 0.2) is 4.96 Å². The molecule has 132 valence electrons. The van der Waals surface area contributed by atoms with Crippen molar-refractivity contribution in [1.29, 1.82) is 0 Å². The van der Waals surface area contributed by atoms with Gasteiger partial charge in [0, 0.05) is 24.3 Å². The number of aromatic nitrogens is 4. The monoisotopic (exact) mass is 367 g/mol. The van der Waals surface area contributed by atoms with E-state index in [1.807, 2.05) is 35.2 Å². The van der Waals surface area contributed by atoms with E-state index in [-0.39, 0.29) is 24.4 Å². The summed E-state index contributed by atoms with van der Waals surface area (Å²) in [6, 6.07) is 7.17. The minimum Gasteiger partial charge on any atom is -0.335 e. The topological polar surface area (TPSA) is 83.4 Å². The quantitative estimate of drug-likeness (QED) is 0.586. The van der Waals surface area contributed by atoms with Gasteiger partial charge in [-0.05, 0) is 19.1 Å². The van der Waals surface area contributed by atoms with Crippen molar-refractivity contribution >= 4 is 33.1 Å². The molecule has 0 radical (unpaired) electrons. The normalized spacial score (nSPS) is 11.3. The average molecular weight is 367 g/mol. The fraction of sp³-hybridized carbons (Fsp3) is 0.222. The van der Waals surface area contributed by atoms with E-state index in [1.165, 1.54) is 11.3 Å². The third kappa shape index (κ3) is 3.11. The van der Waals surface area contributed by atoms with Gasteiger partial charge in [-0.1, -0.05) is 12.1 Å². The molecule has 8 heteroatoms. The van der Waals surface area contributed by atoms with Crippen LogP contribution in [0.2, 0.25) is 0 Å². The van der Waals surface area contributed by atoms with E-state index in [1.54, 1.807) is 23.1 Å². The highest BCUT2D eigenvalue weighted by molar-refractivity contribution is 7.15. The number of imidazole rings is 1. The molecule has 26 heavy (non-hydrogen) atoms. The first kappa shape index (κ1) is 16.5. The molecule has 4 rings (SSSR count). The first-order valence-corrected chi connectivity index (χ1v) is 9.19. The number of carbonyl (C=O) groups excluding carboxylic acids is 1. The number of benzene rings is 1. The number of nitrogens with one attached hydrogen (secondary N) is 1. The number of amides is 1. The molecule has 4 aromatic rings. The Morgan fingerprint density at radius 3 is 2.96 bits per heavy atom. The predicted molar refractivity (Wildman–Crippen MR) is 100 cm³/mol. The molecule has 1 amide bonds. The lowest BCUT2D eigenvalue weighted by atomic mass is 10.2. The van der Waals surface area contributed by atoms with E-state index in [0.717, 1.165) is 10.7 Å². The van der Waals surface area contributed by atoms with E-state index < -0.39 is 0 Å².